The molecule has 0 amide bonds. The number of rotatable bonds is 2. The molecule has 0 spiro atoms. The summed E-state index contributed by atoms with van der Waals surface area (Å²) in [7, 11) is 0. The summed E-state index contributed by atoms with van der Waals surface area (Å²) in [5.74, 6) is -0.0940. The number of carbonyl (C=O) groups excluding carboxylic acids is 1. The molecular weight excluding hydrogens is 316 g/mol. The van der Waals surface area contributed by atoms with Crippen LogP contribution in [0.1, 0.15) is 17.9 Å². The predicted octanol–water partition coefficient (Wildman–Crippen LogP) is -0.252. The van der Waals surface area contributed by atoms with E-state index in [1.54, 1.807) is 0 Å². The Kier molecular flexibility index (Phi) is 12.3. The predicted molar refractivity (Wildman–Crippen MR) is 74.1 cm³/mol. The van der Waals surface area contributed by atoms with Crippen LogP contribution in [0.3, 0.4) is 0 Å². The Morgan fingerprint density at radius 3 is 2.37 bits per heavy atom. The van der Waals surface area contributed by atoms with Crippen molar-refractivity contribution < 1.29 is 26.5 Å². The van der Waals surface area contributed by atoms with Crippen molar-refractivity contribution in [3.05, 3.63) is 61.7 Å². The Labute approximate surface area is 141 Å². The summed E-state index contributed by atoms with van der Waals surface area (Å²) in [6, 6.07) is 9.76. The van der Waals surface area contributed by atoms with Gasteiger partial charge in [0.25, 0.3) is 0 Å². The van der Waals surface area contributed by atoms with Crippen molar-refractivity contribution in [3.8, 4) is 0 Å². The van der Waals surface area contributed by atoms with Gasteiger partial charge in [0, 0.05) is 0 Å². The molecule has 2 atom stereocenters. The second-order valence-corrected chi connectivity index (χ2v) is 3.74. The van der Waals surface area contributed by atoms with Gasteiger partial charge in [-0.3, -0.25) is 11.4 Å². The Morgan fingerprint density at radius 1 is 1.26 bits per heavy atom. The fraction of sp³-hybridized carbons (Fsp3) is 0.267. The molecule has 2 unspecified atom stereocenters. The standard InChI is InChI=1S/C13H14O2.C2H3.BrH.Mg/c1-2-10-8-9-15-13(14)12(10)11-6-4-3-5-7-11;1-2;;/h2-7,10,12H,1,8-9H2;1H,2H2;1H;/q;-1;;+2/p-1. The molecule has 2 rings (SSSR count). The summed E-state index contributed by atoms with van der Waals surface area (Å²) in [6.07, 6.45) is 2.73. The maximum atomic E-state index is 11.7. The maximum Gasteiger partial charge on any atom is 2.00 e. The first kappa shape index (κ1) is 20.7. The van der Waals surface area contributed by atoms with Crippen molar-refractivity contribution in [2.45, 2.75) is 12.3 Å². The Hall–Kier alpha value is -0.584. The summed E-state index contributed by atoms with van der Waals surface area (Å²) in [5, 5.41) is 0. The smallest absolute Gasteiger partial charge is 1.00 e. The quantitative estimate of drug-likeness (QED) is 0.323. The van der Waals surface area contributed by atoms with E-state index in [1.165, 1.54) is 0 Å². The number of cyclic esters (lactones) is 1. The van der Waals surface area contributed by atoms with Gasteiger partial charge >= 0.3 is 29.0 Å². The summed E-state index contributed by atoms with van der Waals surface area (Å²) < 4.78 is 5.09. The van der Waals surface area contributed by atoms with Crippen LogP contribution in [0.25, 0.3) is 0 Å². The molecule has 0 N–H and O–H groups in total. The number of benzene rings is 1. The van der Waals surface area contributed by atoms with Crippen LogP contribution >= 0.6 is 0 Å². The largest absolute Gasteiger partial charge is 2.00 e. The number of ether oxygens (including phenoxy) is 1. The van der Waals surface area contributed by atoms with Crippen LogP contribution < -0.4 is 17.0 Å². The Morgan fingerprint density at radius 2 is 1.84 bits per heavy atom. The molecule has 2 nitrogen and oxygen atoms in total. The van der Waals surface area contributed by atoms with Crippen LogP contribution in [-0.4, -0.2) is 35.6 Å². The minimum atomic E-state index is -0.169. The van der Waals surface area contributed by atoms with Crippen LogP contribution in [0.5, 0.6) is 0 Å². The van der Waals surface area contributed by atoms with Crippen LogP contribution in [-0.2, 0) is 9.53 Å². The van der Waals surface area contributed by atoms with E-state index in [-0.39, 0.29) is 57.8 Å². The minimum absolute atomic E-state index is 0. The van der Waals surface area contributed by atoms with Gasteiger partial charge in [-0.1, -0.05) is 36.4 Å². The Bertz CT molecular complexity index is 381. The van der Waals surface area contributed by atoms with E-state index in [1.807, 2.05) is 36.4 Å². The first-order valence-electron chi connectivity index (χ1n) is 5.58. The normalized spacial score (nSPS) is 20.5. The SMILES string of the molecule is C=CC1CCOC(=O)C1c1ccccc1.[Br-].[CH-]=C.[Mg+2]. The van der Waals surface area contributed by atoms with Crippen molar-refractivity contribution in [2.24, 2.45) is 5.92 Å². The molecule has 1 heterocycles. The van der Waals surface area contributed by atoms with Crippen molar-refractivity contribution in [3.63, 3.8) is 0 Å². The molecule has 0 aromatic heterocycles. The minimum Gasteiger partial charge on any atom is -1.00 e. The van der Waals surface area contributed by atoms with Crippen LogP contribution in [0.2, 0.25) is 0 Å². The van der Waals surface area contributed by atoms with E-state index in [2.05, 4.69) is 19.7 Å². The zero-order chi connectivity index (χ0) is 12.7. The van der Waals surface area contributed by atoms with Crippen LogP contribution in [0.15, 0.2) is 49.6 Å². The molecule has 1 aromatic carbocycles. The summed E-state index contributed by atoms with van der Waals surface area (Å²) in [5.41, 5.74) is 1.02. The molecule has 1 aromatic rings. The molecule has 1 saturated heterocycles. The summed E-state index contributed by atoms with van der Waals surface area (Å²) >= 11 is 0. The van der Waals surface area contributed by atoms with Crippen molar-refractivity contribution >= 4 is 29.0 Å². The van der Waals surface area contributed by atoms with Gasteiger partial charge in [0.15, 0.2) is 0 Å². The van der Waals surface area contributed by atoms with Crippen molar-refractivity contribution in [1.82, 2.24) is 0 Å². The number of hydrogen-bond donors (Lipinski definition) is 0. The second-order valence-electron chi connectivity index (χ2n) is 3.74. The van der Waals surface area contributed by atoms with Crippen LogP contribution in [0, 0.1) is 12.5 Å². The molecule has 0 bridgehead atoms. The first-order valence-corrected chi connectivity index (χ1v) is 5.58. The van der Waals surface area contributed by atoms with E-state index in [4.69, 9.17) is 4.74 Å². The van der Waals surface area contributed by atoms with Crippen molar-refractivity contribution in [2.75, 3.05) is 6.61 Å². The molecule has 0 radical (unpaired) electrons. The van der Waals surface area contributed by atoms with E-state index >= 15 is 0 Å². The zero-order valence-corrected chi connectivity index (χ0v) is 13.9. The molecule has 1 fully saturated rings. The van der Waals surface area contributed by atoms with E-state index in [9.17, 15) is 4.79 Å². The topological polar surface area (TPSA) is 26.3 Å². The summed E-state index contributed by atoms with van der Waals surface area (Å²) in [6.45, 7) is 11.3. The number of hydrogen-bond acceptors (Lipinski definition) is 2. The van der Waals surface area contributed by atoms with Gasteiger partial charge in [0.05, 0.1) is 12.5 Å². The van der Waals surface area contributed by atoms with E-state index in [0.29, 0.717) is 6.61 Å². The molecule has 0 aliphatic carbocycles. The Balaban J connectivity index is 0. The third-order valence-electron chi connectivity index (χ3n) is 2.84. The molecule has 0 saturated carbocycles. The fourth-order valence-corrected chi connectivity index (χ4v) is 2.02. The number of allylic oxidation sites excluding steroid dienone is 1. The first-order chi connectivity index (χ1) is 8.33. The fourth-order valence-electron chi connectivity index (χ4n) is 2.02. The maximum absolute atomic E-state index is 11.7. The van der Waals surface area contributed by atoms with Gasteiger partial charge in [-0.25, -0.2) is 0 Å². The number of carbonyl (C=O) groups is 1. The van der Waals surface area contributed by atoms with Gasteiger partial charge in [-0.15, -0.1) is 6.58 Å². The van der Waals surface area contributed by atoms with Gasteiger partial charge in [-0.05, 0) is 17.9 Å². The zero-order valence-electron chi connectivity index (χ0n) is 10.9. The van der Waals surface area contributed by atoms with Crippen LogP contribution in [0.4, 0.5) is 0 Å². The number of esters is 1. The molecule has 1 aliphatic rings. The number of halogens is 1. The van der Waals surface area contributed by atoms with E-state index in [0.717, 1.165) is 12.0 Å². The van der Waals surface area contributed by atoms with E-state index < -0.39 is 0 Å². The van der Waals surface area contributed by atoms with Gasteiger partial charge < -0.3 is 28.3 Å². The monoisotopic (exact) mass is 332 g/mol. The van der Waals surface area contributed by atoms with Gasteiger partial charge in [0.1, 0.15) is 0 Å². The van der Waals surface area contributed by atoms with Gasteiger partial charge in [-0.2, -0.15) is 0 Å². The van der Waals surface area contributed by atoms with Gasteiger partial charge in [0.2, 0.25) is 0 Å². The molecule has 4 heteroatoms. The molecule has 19 heavy (non-hydrogen) atoms. The molecule has 98 valence electrons. The molecular formula is C15H17BrMgO2. The molecule has 1 aliphatic heterocycles. The second kappa shape index (κ2) is 11.3. The summed E-state index contributed by atoms with van der Waals surface area (Å²) in [4.78, 5) is 11.7. The van der Waals surface area contributed by atoms with Crippen molar-refractivity contribution in [1.29, 1.82) is 0 Å². The third kappa shape index (κ3) is 5.51. The third-order valence-corrected chi connectivity index (χ3v) is 2.84. The average molecular weight is 334 g/mol. The average Bonchev–Trinajstić information content (AvgIpc) is 2.41.